The lowest BCUT2D eigenvalue weighted by Gasteiger charge is -2.33. The van der Waals surface area contributed by atoms with Gasteiger partial charge in [0.15, 0.2) is 0 Å². The van der Waals surface area contributed by atoms with Crippen LogP contribution in [0, 0.1) is 0 Å². The van der Waals surface area contributed by atoms with E-state index in [1.165, 1.54) is 18.7 Å². The van der Waals surface area contributed by atoms with Gasteiger partial charge in [-0.3, -0.25) is 19.4 Å². The molecule has 1 fully saturated rings. The average molecular weight is 227 g/mol. The van der Waals surface area contributed by atoms with Crippen LogP contribution in [-0.2, 0) is 9.59 Å². The van der Waals surface area contributed by atoms with E-state index < -0.39 is 0 Å². The molecule has 0 radical (unpaired) electrons. The van der Waals surface area contributed by atoms with Crippen molar-refractivity contribution in [2.75, 3.05) is 46.3 Å². The Morgan fingerprint density at radius 3 is 2.00 bits per heavy atom. The zero-order chi connectivity index (χ0) is 12.1. The second kappa shape index (κ2) is 5.96. The zero-order valence-electron chi connectivity index (χ0n) is 10.4. The molecule has 0 spiro atoms. The summed E-state index contributed by atoms with van der Waals surface area (Å²) >= 11 is 0. The van der Waals surface area contributed by atoms with E-state index >= 15 is 0 Å². The van der Waals surface area contributed by atoms with Crippen LogP contribution >= 0.6 is 0 Å². The van der Waals surface area contributed by atoms with Crippen molar-refractivity contribution in [3.8, 4) is 0 Å². The third kappa shape index (κ3) is 3.90. The topological polar surface area (TPSA) is 43.9 Å². The van der Waals surface area contributed by atoms with Crippen molar-refractivity contribution in [3.05, 3.63) is 0 Å². The largest absolute Gasteiger partial charge is 0.304 e. The smallest absolute Gasteiger partial charge is 0.226 e. The van der Waals surface area contributed by atoms with Crippen LogP contribution in [0.5, 0.6) is 0 Å². The second-order valence-corrected chi connectivity index (χ2v) is 4.33. The van der Waals surface area contributed by atoms with Crippen LogP contribution in [0.15, 0.2) is 0 Å². The van der Waals surface area contributed by atoms with Crippen LogP contribution in [0.1, 0.15) is 13.8 Å². The summed E-state index contributed by atoms with van der Waals surface area (Å²) in [4.78, 5) is 28.3. The Hall–Kier alpha value is -0.940. The number of piperazine rings is 1. The molecule has 16 heavy (non-hydrogen) atoms. The van der Waals surface area contributed by atoms with Gasteiger partial charge in [0.05, 0.1) is 0 Å². The monoisotopic (exact) mass is 227 g/mol. The molecule has 1 aliphatic heterocycles. The third-order valence-corrected chi connectivity index (χ3v) is 3.00. The van der Waals surface area contributed by atoms with Gasteiger partial charge in [-0.05, 0) is 7.05 Å². The molecular weight excluding hydrogens is 206 g/mol. The predicted octanol–water partition coefficient (Wildman–Crippen LogP) is -0.371. The highest BCUT2D eigenvalue weighted by atomic mass is 16.2. The maximum Gasteiger partial charge on any atom is 0.226 e. The molecule has 0 aromatic carbocycles. The fourth-order valence-corrected chi connectivity index (χ4v) is 1.85. The van der Waals surface area contributed by atoms with Crippen LogP contribution in [0.3, 0.4) is 0 Å². The molecule has 0 bridgehead atoms. The Morgan fingerprint density at radius 2 is 1.56 bits per heavy atom. The van der Waals surface area contributed by atoms with Gasteiger partial charge < -0.3 is 4.90 Å². The first-order chi connectivity index (χ1) is 7.50. The van der Waals surface area contributed by atoms with E-state index in [9.17, 15) is 9.59 Å². The van der Waals surface area contributed by atoms with E-state index in [4.69, 9.17) is 0 Å². The van der Waals surface area contributed by atoms with Crippen molar-refractivity contribution < 1.29 is 9.59 Å². The molecule has 1 aliphatic rings. The van der Waals surface area contributed by atoms with Crippen LogP contribution in [0.25, 0.3) is 0 Å². The molecule has 0 saturated carbocycles. The minimum atomic E-state index is -0.165. The number of hydrogen-bond donors (Lipinski definition) is 0. The van der Waals surface area contributed by atoms with Crippen molar-refractivity contribution in [1.82, 2.24) is 14.7 Å². The minimum Gasteiger partial charge on any atom is -0.304 e. The lowest BCUT2D eigenvalue weighted by Crippen LogP contribution is -2.48. The third-order valence-electron chi connectivity index (χ3n) is 3.00. The van der Waals surface area contributed by atoms with Gasteiger partial charge in [-0.25, -0.2) is 0 Å². The molecule has 2 amide bonds. The number of nitrogens with zero attached hydrogens (tertiary/aromatic N) is 3. The first kappa shape index (κ1) is 13.1. The molecule has 5 nitrogen and oxygen atoms in total. The number of carbonyl (C=O) groups is 2. The molecule has 1 saturated heterocycles. The van der Waals surface area contributed by atoms with Crippen molar-refractivity contribution in [3.63, 3.8) is 0 Å². The SMILES string of the molecule is CC(=O)N(CCN1CCN(C)CC1)C(C)=O. The number of imide groups is 1. The lowest BCUT2D eigenvalue weighted by molar-refractivity contribution is -0.142. The highest BCUT2D eigenvalue weighted by Gasteiger charge is 2.17. The van der Waals surface area contributed by atoms with E-state index in [0.29, 0.717) is 6.54 Å². The van der Waals surface area contributed by atoms with Crippen LogP contribution in [-0.4, -0.2) is 72.8 Å². The lowest BCUT2D eigenvalue weighted by atomic mass is 10.3. The van der Waals surface area contributed by atoms with Gasteiger partial charge in [-0.15, -0.1) is 0 Å². The van der Waals surface area contributed by atoms with Gasteiger partial charge in [0.2, 0.25) is 11.8 Å². The van der Waals surface area contributed by atoms with E-state index in [2.05, 4.69) is 16.8 Å². The van der Waals surface area contributed by atoms with Gasteiger partial charge in [0.1, 0.15) is 0 Å². The van der Waals surface area contributed by atoms with E-state index in [1.54, 1.807) is 0 Å². The van der Waals surface area contributed by atoms with Gasteiger partial charge >= 0.3 is 0 Å². The highest BCUT2D eigenvalue weighted by Crippen LogP contribution is 2.00. The van der Waals surface area contributed by atoms with Gasteiger partial charge in [-0.1, -0.05) is 0 Å². The zero-order valence-corrected chi connectivity index (χ0v) is 10.4. The molecule has 92 valence electrons. The summed E-state index contributed by atoms with van der Waals surface area (Å²) in [5, 5.41) is 0. The van der Waals surface area contributed by atoms with Gasteiger partial charge in [-0.2, -0.15) is 0 Å². The highest BCUT2D eigenvalue weighted by molar-refractivity contribution is 5.92. The van der Waals surface area contributed by atoms with Gasteiger partial charge in [0.25, 0.3) is 0 Å². The van der Waals surface area contributed by atoms with Crippen molar-refractivity contribution in [2.24, 2.45) is 0 Å². The Labute approximate surface area is 97.0 Å². The quantitative estimate of drug-likeness (QED) is 0.660. The molecule has 5 heteroatoms. The van der Waals surface area contributed by atoms with E-state index in [-0.39, 0.29) is 11.8 Å². The summed E-state index contributed by atoms with van der Waals surface area (Å²) in [7, 11) is 2.11. The number of hydrogen-bond acceptors (Lipinski definition) is 4. The molecule has 0 aromatic heterocycles. The Bertz CT molecular complexity index is 246. The molecule has 1 heterocycles. The molecular formula is C11H21N3O2. The standard InChI is InChI=1S/C11H21N3O2/c1-10(15)14(11(2)16)9-8-13-6-4-12(3)5-7-13/h4-9H2,1-3H3. The average Bonchev–Trinajstić information content (AvgIpc) is 2.20. The Balaban J connectivity index is 2.32. The molecule has 0 aromatic rings. The summed E-state index contributed by atoms with van der Waals surface area (Å²) in [5.41, 5.74) is 0. The fourth-order valence-electron chi connectivity index (χ4n) is 1.85. The van der Waals surface area contributed by atoms with Crippen LogP contribution < -0.4 is 0 Å². The molecule has 1 rings (SSSR count). The van der Waals surface area contributed by atoms with E-state index in [0.717, 1.165) is 32.7 Å². The summed E-state index contributed by atoms with van der Waals surface area (Å²) in [6, 6.07) is 0. The minimum absolute atomic E-state index is 0.165. The van der Waals surface area contributed by atoms with E-state index in [1.807, 2.05) is 0 Å². The second-order valence-electron chi connectivity index (χ2n) is 4.33. The first-order valence-corrected chi connectivity index (χ1v) is 5.70. The van der Waals surface area contributed by atoms with Crippen molar-refractivity contribution in [1.29, 1.82) is 0 Å². The molecule has 0 unspecified atom stereocenters. The maximum absolute atomic E-state index is 11.2. The number of amides is 2. The number of likely N-dealkylation sites (N-methyl/N-ethyl adjacent to an activating group) is 1. The number of carbonyl (C=O) groups excluding carboxylic acids is 2. The van der Waals surface area contributed by atoms with Crippen LogP contribution in [0.4, 0.5) is 0 Å². The molecule has 0 aliphatic carbocycles. The maximum atomic E-state index is 11.2. The van der Waals surface area contributed by atoms with Gasteiger partial charge in [0, 0.05) is 53.1 Å². The summed E-state index contributed by atoms with van der Waals surface area (Å²) in [5.74, 6) is -0.330. The van der Waals surface area contributed by atoms with Crippen molar-refractivity contribution in [2.45, 2.75) is 13.8 Å². The normalized spacial score (nSPS) is 18.4. The Morgan fingerprint density at radius 1 is 1.06 bits per heavy atom. The summed E-state index contributed by atoms with van der Waals surface area (Å²) < 4.78 is 0. The van der Waals surface area contributed by atoms with Crippen molar-refractivity contribution >= 4 is 11.8 Å². The fraction of sp³-hybridized carbons (Fsp3) is 0.818. The van der Waals surface area contributed by atoms with Crippen LogP contribution in [0.2, 0.25) is 0 Å². The first-order valence-electron chi connectivity index (χ1n) is 5.70. The number of rotatable bonds is 3. The summed E-state index contributed by atoms with van der Waals surface area (Å²) in [6.45, 7) is 8.30. The Kier molecular flexibility index (Phi) is 4.89. The predicted molar refractivity (Wildman–Crippen MR) is 62.0 cm³/mol. The molecule has 0 N–H and O–H groups in total. The summed E-state index contributed by atoms with van der Waals surface area (Å²) in [6.07, 6.45) is 0. The molecule has 0 atom stereocenters.